The minimum atomic E-state index is -0.427. The van der Waals surface area contributed by atoms with E-state index in [0.29, 0.717) is 10.8 Å². The summed E-state index contributed by atoms with van der Waals surface area (Å²) in [5.74, 6) is 0.563. The Morgan fingerprint density at radius 2 is 1.88 bits per heavy atom. The summed E-state index contributed by atoms with van der Waals surface area (Å²) < 4.78 is 5.72. The Bertz CT molecular complexity index is 789. The van der Waals surface area contributed by atoms with Crippen molar-refractivity contribution in [2.45, 2.75) is 19.4 Å². The fraction of sp³-hybridized carbons (Fsp3) is 0.278. The molecule has 5 nitrogen and oxygen atoms in total. The first kappa shape index (κ1) is 17.6. The molecule has 2 aromatic carbocycles. The van der Waals surface area contributed by atoms with E-state index in [1.54, 1.807) is 12.1 Å². The number of halogens is 1. The summed E-state index contributed by atoms with van der Waals surface area (Å²) in [6.07, 6.45) is 2.34. The van der Waals surface area contributed by atoms with Gasteiger partial charge in [-0.1, -0.05) is 23.8 Å². The molecule has 1 heterocycles. The highest BCUT2D eigenvalue weighted by Gasteiger charge is 2.17. The molecule has 1 aliphatic heterocycles. The Balaban J connectivity index is 1.64. The molecule has 0 radical (unpaired) electrons. The normalized spacial score (nSPS) is 13.7. The van der Waals surface area contributed by atoms with E-state index in [4.69, 9.17) is 28.6 Å². The van der Waals surface area contributed by atoms with E-state index in [2.05, 4.69) is 4.90 Å². The van der Waals surface area contributed by atoms with E-state index in [0.717, 1.165) is 29.2 Å². The van der Waals surface area contributed by atoms with Crippen LogP contribution >= 0.6 is 23.8 Å². The fourth-order valence-electron chi connectivity index (χ4n) is 2.73. The largest absolute Gasteiger partial charge is 0.487 e. The van der Waals surface area contributed by atoms with Crippen molar-refractivity contribution >= 4 is 34.5 Å². The quantitative estimate of drug-likeness (QED) is 0.433. The van der Waals surface area contributed by atoms with Gasteiger partial charge >= 0.3 is 0 Å². The summed E-state index contributed by atoms with van der Waals surface area (Å²) in [6, 6.07) is 11.8. The molecular weight excluding hydrogens is 360 g/mol. The third kappa shape index (κ3) is 4.27. The maximum Gasteiger partial charge on any atom is 0.269 e. The standard InChI is InChI=1S/C18H17ClN2O3S/c19-16-11-14(18(25)20-9-1-2-10-20)5-8-17(16)24-12-13-3-6-15(7-4-13)21(22)23/h3-8,11H,1-2,9-10,12H2. The van der Waals surface area contributed by atoms with Gasteiger partial charge in [0, 0.05) is 30.8 Å². The molecule has 3 rings (SSSR count). The van der Waals surface area contributed by atoms with E-state index in [1.165, 1.54) is 25.0 Å². The molecule has 0 unspecified atom stereocenters. The first-order valence-corrected chi connectivity index (χ1v) is 8.78. The highest BCUT2D eigenvalue weighted by atomic mass is 35.5. The van der Waals surface area contributed by atoms with Gasteiger partial charge < -0.3 is 9.64 Å². The lowest BCUT2D eigenvalue weighted by molar-refractivity contribution is -0.384. The molecule has 0 N–H and O–H groups in total. The van der Waals surface area contributed by atoms with Crippen molar-refractivity contribution in [3.63, 3.8) is 0 Å². The van der Waals surface area contributed by atoms with Crippen molar-refractivity contribution in [1.29, 1.82) is 0 Å². The third-order valence-corrected chi connectivity index (χ3v) is 4.90. The molecule has 0 bridgehead atoms. The van der Waals surface area contributed by atoms with Crippen molar-refractivity contribution in [1.82, 2.24) is 4.90 Å². The van der Waals surface area contributed by atoms with Crippen LogP contribution in [0.25, 0.3) is 0 Å². The molecule has 0 saturated carbocycles. The van der Waals surface area contributed by atoms with Crippen molar-refractivity contribution in [3.8, 4) is 5.75 Å². The molecular formula is C18H17ClN2O3S. The summed E-state index contributed by atoms with van der Waals surface area (Å²) in [5, 5.41) is 11.2. The van der Waals surface area contributed by atoms with E-state index in [9.17, 15) is 10.1 Å². The molecule has 1 saturated heterocycles. The fourth-order valence-corrected chi connectivity index (χ4v) is 3.27. The van der Waals surface area contributed by atoms with Gasteiger partial charge in [-0.15, -0.1) is 0 Å². The first-order valence-electron chi connectivity index (χ1n) is 7.99. The maximum absolute atomic E-state index is 10.7. The molecule has 130 valence electrons. The van der Waals surface area contributed by atoms with Gasteiger partial charge in [0.05, 0.1) is 9.95 Å². The first-order chi connectivity index (χ1) is 12.0. The zero-order valence-electron chi connectivity index (χ0n) is 13.5. The van der Waals surface area contributed by atoms with Gasteiger partial charge in [-0.3, -0.25) is 10.1 Å². The van der Waals surface area contributed by atoms with E-state index < -0.39 is 4.92 Å². The minimum absolute atomic E-state index is 0.0570. The lowest BCUT2D eigenvalue weighted by Gasteiger charge is -2.19. The second kappa shape index (κ2) is 7.80. The number of nitrogens with zero attached hydrogens (tertiary/aromatic N) is 2. The van der Waals surface area contributed by atoms with Gasteiger partial charge in [0.15, 0.2) is 0 Å². The van der Waals surface area contributed by atoms with Crippen molar-refractivity contribution in [2.24, 2.45) is 0 Å². The van der Waals surface area contributed by atoms with Gasteiger partial charge in [0.2, 0.25) is 0 Å². The van der Waals surface area contributed by atoms with Crippen LogP contribution in [-0.4, -0.2) is 27.9 Å². The smallest absolute Gasteiger partial charge is 0.269 e. The highest BCUT2D eigenvalue weighted by Crippen LogP contribution is 2.28. The zero-order valence-corrected chi connectivity index (χ0v) is 15.1. The van der Waals surface area contributed by atoms with Gasteiger partial charge in [0.1, 0.15) is 17.3 Å². The zero-order chi connectivity index (χ0) is 17.8. The summed E-state index contributed by atoms with van der Waals surface area (Å²) in [4.78, 5) is 13.2. The van der Waals surface area contributed by atoms with Crippen LogP contribution in [0.15, 0.2) is 42.5 Å². The number of ether oxygens (including phenoxy) is 1. The SMILES string of the molecule is O=[N+]([O-])c1ccc(COc2ccc(C(=S)N3CCCC3)cc2Cl)cc1. The van der Waals surface area contributed by atoms with Crippen molar-refractivity contribution in [2.75, 3.05) is 13.1 Å². The maximum atomic E-state index is 10.7. The Hall–Kier alpha value is -2.18. The van der Waals surface area contributed by atoms with Crippen LogP contribution in [0.1, 0.15) is 24.0 Å². The number of hydrogen-bond donors (Lipinski definition) is 0. The predicted molar refractivity (Wildman–Crippen MR) is 101 cm³/mol. The lowest BCUT2D eigenvalue weighted by atomic mass is 10.2. The number of rotatable bonds is 5. The second-order valence-corrected chi connectivity index (χ2v) is 6.65. The van der Waals surface area contributed by atoms with Crippen LogP contribution in [0.3, 0.4) is 0 Å². The van der Waals surface area contributed by atoms with Crippen LogP contribution in [0.4, 0.5) is 5.69 Å². The highest BCUT2D eigenvalue weighted by molar-refractivity contribution is 7.80. The Morgan fingerprint density at radius 1 is 1.20 bits per heavy atom. The van der Waals surface area contributed by atoms with Crippen LogP contribution < -0.4 is 4.74 Å². The van der Waals surface area contributed by atoms with Crippen molar-refractivity contribution in [3.05, 3.63) is 68.7 Å². The Morgan fingerprint density at radius 3 is 2.48 bits per heavy atom. The van der Waals surface area contributed by atoms with Gasteiger partial charge in [-0.05, 0) is 48.7 Å². The average Bonchev–Trinajstić information content (AvgIpc) is 3.15. The molecule has 0 aliphatic carbocycles. The van der Waals surface area contributed by atoms with Crippen LogP contribution in [0.5, 0.6) is 5.75 Å². The minimum Gasteiger partial charge on any atom is -0.487 e. The van der Waals surface area contributed by atoms with Gasteiger partial charge in [-0.2, -0.15) is 0 Å². The molecule has 2 aromatic rings. The number of hydrogen-bond acceptors (Lipinski definition) is 4. The van der Waals surface area contributed by atoms with Gasteiger partial charge in [0.25, 0.3) is 5.69 Å². The molecule has 7 heteroatoms. The molecule has 0 aromatic heterocycles. The van der Waals surface area contributed by atoms with E-state index >= 15 is 0 Å². The Labute approximate surface area is 156 Å². The topological polar surface area (TPSA) is 55.6 Å². The molecule has 0 amide bonds. The summed E-state index contributed by atoms with van der Waals surface area (Å²) in [6.45, 7) is 2.28. The van der Waals surface area contributed by atoms with Crippen LogP contribution in [0, 0.1) is 10.1 Å². The van der Waals surface area contributed by atoms with E-state index in [1.807, 2.05) is 18.2 Å². The summed E-state index contributed by atoms with van der Waals surface area (Å²) in [5.41, 5.74) is 1.81. The van der Waals surface area contributed by atoms with Crippen LogP contribution in [-0.2, 0) is 6.61 Å². The number of likely N-dealkylation sites (tertiary alicyclic amines) is 1. The number of nitro groups is 1. The summed E-state index contributed by atoms with van der Waals surface area (Å²) >= 11 is 11.8. The van der Waals surface area contributed by atoms with Crippen LogP contribution in [0.2, 0.25) is 5.02 Å². The number of nitro benzene ring substituents is 1. The molecule has 1 fully saturated rings. The average molecular weight is 377 g/mol. The molecule has 0 atom stereocenters. The predicted octanol–water partition coefficient (Wildman–Crippen LogP) is 4.60. The Kier molecular flexibility index (Phi) is 5.50. The lowest BCUT2D eigenvalue weighted by Crippen LogP contribution is -2.26. The number of benzene rings is 2. The third-order valence-electron chi connectivity index (χ3n) is 4.11. The van der Waals surface area contributed by atoms with Gasteiger partial charge in [-0.25, -0.2) is 0 Å². The second-order valence-electron chi connectivity index (χ2n) is 5.86. The number of thiocarbonyl (C=S) groups is 1. The summed E-state index contributed by atoms with van der Waals surface area (Å²) in [7, 11) is 0. The monoisotopic (exact) mass is 376 g/mol. The molecule has 25 heavy (non-hydrogen) atoms. The van der Waals surface area contributed by atoms with Crippen molar-refractivity contribution < 1.29 is 9.66 Å². The molecule has 1 aliphatic rings. The van der Waals surface area contributed by atoms with E-state index in [-0.39, 0.29) is 12.3 Å². The number of non-ortho nitro benzene ring substituents is 1. The molecule has 0 spiro atoms.